The van der Waals surface area contributed by atoms with Crippen LogP contribution in [0.1, 0.15) is 32.9 Å². The molecule has 0 saturated heterocycles. The SMILES string of the molecule is CCC(C)N(CC)c1cc(C(F)(F)F)nc(N)n1. The van der Waals surface area contributed by atoms with Crippen molar-refractivity contribution in [3.8, 4) is 0 Å². The van der Waals surface area contributed by atoms with Gasteiger partial charge < -0.3 is 10.6 Å². The Morgan fingerprint density at radius 3 is 2.39 bits per heavy atom. The first-order valence-corrected chi connectivity index (χ1v) is 5.78. The minimum atomic E-state index is -4.51. The molecule has 102 valence electrons. The van der Waals surface area contributed by atoms with Gasteiger partial charge in [0.25, 0.3) is 0 Å². The molecule has 2 N–H and O–H groups in total. The molecule has 0 saturated carbocycles. The van der Waals surface area contributed by atoms with E-state index < -0.39 is 11.9 Å². The van der Waals surface area contributed by atoms with E-state index in [4.69, 9.17) is 5.73 Å². The van der Waals surface area contributed by atoms with Gasteiger partial charge in [0.1, 0.15) is 5.82 Å². The van der Waals surface area contributed by atoms with Gasteiger partial charge in [0.15, 0.2) is 5.69 Å². The zero-order valence-corrected chi connectivity index (χ0v) is 10.6. The van der Waals surface area contributed by atoms with Gasteiger partial charge in [-0.25, -0.2) is 4.98 Å². The highest BCUT2D eigenvalue weighted by molar-refractivity contribution is 5.44. The van der Waals surface area contributed by atoms with Crippen molar-refractivity contribution in [1.29, 1.82) is 0 Å². The third-order valence-electron chi connectivity index (χ3n) is 2.78. The molecule has 1 aromatic heterocycles. The molecule has 0 aliphatic carbocycles. The number of nitrogen functional groups attached to an aromatic ring is 1. The van der Waals surface area contributed by atoms with E-state index in [2.05, 4.69) is 9.97 Å². The van der Waals surface area contributed by atoms with Crippen LogP contribution < -0.4 is 10.6 Å². The normalized spacial score (nSPS) is 13.4. The summed E-state index contributed by atoms with van der Waals surface area (Å²) in [5, 5.41) is 0. The average molecular weight is 262 g/mol. The smallest absolute Gasteiger partial charge is 0.368 e. The van der Waals surface area contributed by atoms with Crippen molar-refractivity contribution >= 4 is 11.8 Å². The van der Waals surface area contributed by atoms with Crippen molar-refractivity contribution in [1.82, 2.24) is 9.97 Å². The van der Waals surface area contributed by atoms with Crippen LogP contribution in [-0.4, -0.2) is 22.6 Å². The number of hydrogen-bond acceptors (Lipinski definition) is 4. The second-order valence-electron chi connectivity index (χ2n) is 4.01. The summed E-state index contributed by atoms with van der Waals surface area (Å²) in [6.07, 6.45) is -3.71. The Bertz CT molecular complexity index is 406. The molecule has 0 fully saturated rings. The van der Waals surface area contributed by atoms with E-state index in [1.54, 1.807) is 4.90 Å². The first-order chi connectivity index (χ1) is 8.29. The zero-order valence-electron chi connectivity index (χ0n) is 10.6. The summed E-state index contributed by atoms with van der Waals surface area (Å²) >= 11 is 0. The Morgan fingerprint density at radius 1 is 1.33 bits per heavy atom. The van der Waals surface area contributed by atoms with E-state index in [9.17, 15) is 13.2 Å². The van der Waals surface area contributed by atoms with Gasteiger partial charge in [-0.05, 0) is 20.3 Å². The van der Waals surface area contributed by atoms with Gasteiger partial charge in [-0.1, -0.05) is 6.92 Å². The first-order valence-electron chi connectivity index (χ1n) is 5.78. The van der Waals surface area contributed by atoms with Crippen LogP contribution in [0.15, 0.2) is 6.07 Å². The van der Waals surface area contributed by atoms with Crippen LogP contribution in [-0.2, 0) is 6.18 Å². The summed E-state index contributed by atoms with van der Waals surface area (Å²) in [7, 11) is 0. The van der Waals surface area contributed by atoms with Gasteiger partial charge in [0, 0.05) is 18.7 Å². The quantitative estimate of drug-likeness (QED) is 0.906. The number of hydrogen-bond donors (Lipinski definition) is 1. The summed E-state index contributed by atoms with van der Waals surface area (Å²) < 4.78 is 37.9. The molecule has 1 atom stereocenters. The lowest BCUT2D eigenvalue weighted by Gasteiger charge is -2.28. The Morgan fingerprint density at radius 2 is 1.94 bits per heavy atom. The number of alkyl halides is 3. The van der Waals surface area contributed by atoms with Crippen LogP contribution in [0, 0.1) is 0 Å². The van der Waals surface area contributed by atoms with Gasteiger partial charge in [-0.2, -0.15) is 18.2 Å². The van der Waals surface area contributed by atoms with E-state index in [-0.39, 0.29) is 17.8 Å². The predicted molar refractivity (Wildman–Crippen MR) is 64.2 cm³/mol. The van der Waals surface area contributed by atoms with Crippen molar-refractivity contribution < 1.29 is 13.2 Å². The minimum absolute atomic E-state index is 0.0883. The fourth-order valence-electron chi connectivity index (χ4n) is 1.66. The Hall–Kier alpha value is -1.53. The second kappa shape index (κ2) is 5.41. The maximum atomic E-state index is 12.6. The molecule has 0 aromatic carbocycles. The molecule has 0 radical (unpaired) electrons. The molecule has 0 amide bonds. The van der Waals surface area contributed by atoms with Crippen molar-refractivity contribution in [2.75, 3.05) is 17.2 Å². The lowest BCUT2D eigenvalue weighted by atomic mass is 10.2. The molecule has 1 rings (SSSR count). The molecular weight excluding hydrogens is 245 g/mol. The molecule has 0 aliphatic rings. The lowest BCUT2D eigenvalue weighted by Crippen LogP contribution is -2.33. The Labute approximate surface area is 104 Å². The monoisotopic (exact) mass is 262 g/mol. The van der Waals surface area contributed by atoms with Crippen molar-refractivity contribution in [2.24, 2.45) is 0 Å². The number of nitrogens with zero attached hydrogens (tertiary/aromatic N) is 3. The molecular formula is C11H17F3N4. The summed E-state index contributed by atoms with van der Waals surface area (Å²) in [4.78, 5) is 8.87. The zero-order chi connectivity index (χ0) is 13.9. The minimum Gasteiger partial charge on any atom is -0.368 e. The molecule has 1 aromatic rings. The summed E-state index contributed by atoms with van der Waals surface area (Å²) in [6, 6.07) is 1.02. The first kappa shape index (κ1) is 14.5. The average Bonchev–Trinajstić information content (AvgIpc) is 2.27. The Kier molecular flexibility index (Phi) is 4.37. The number of rotatable bonds is 4. The number of halogens is 3. The molecule has 0 bridgehead atoms. The summed E-state index contributed by atoms with van der Waals surface area (Å²) in [6.45, 7) is 6.30. The highest BCUT2D eigenvalue weighted by atomic mass is 19.4. The largest absolute Gasteiger partial charge is 0.433 e. The molecule has 4 nitrogen and oxygen atoms in total. The number of anilines is 2. The number of nitrogens with two attached hydrogens (primary N) is 1. The van der Waals surface area contributed by atoms with Crippen LogP contribution in [0.25, 0.3) is 0 Å². The van der Waals surface area contributed by atoms with Crippen LogP contribution in [0.5, 0.6) is 0 Å². The third-order valence-corrected chi connectivity index (χ3v) is 2.78. The van der Waals surface area contributed by atoms with Crippen LogP contribution >= 0.6 is 0 Å². The topological polar surface area (TPSA) is 55.0 Å². The molecule has 7 heteroatoms. The molecule has 18 heavy (non-hydrogen) atoms. The van der Waals surface area contributed by atoms with E-state index in [1.807, 2.05) is 20.8 Å². The van der Waals surface area contributed by atoms with Crippen molar-refractivity contribution in [3.63, 3.8) is 0 Å². The van der Waals surface area contributed by atoms with Crippen molar-refractivity contribution in [2.45, 2.75) is 39.4 Å². The van der Waals surface area contributed by atoms with Gasteiger partial charge in [0.05, 0.1) is 0 Å². The summed E-state index contributed by atoms with van der Waals surface area (Å²) in [5.74, 6) is -0.145. The standard InChI is InChI=1S/C11H17F3N4/c1-4-7(3)18(5-2)9-6-8(11(12,13)14)16-10(15)17-9/h6-7H,4-5H2,1-3H3,(H2,15,16,17). The third kappa shape index (κ3) is 3.24. The van der Waals surface area contributed by atoms with Gasteiger partial charge in [-0.15, -0.1) is 0 Å². The predicted octanol–water partition coefficient (Wildman–Crippen LogP) is 2.70. The lowest BCUT2D eigenvalue weighted by molar-refractivity contribution is -0.141. The van der Waals surface area contributed by atoms with Crippen LogP contribution in [0.3, 0.4) is 0 Å². The fourth-order valence-corrected chi connectivity index (χ4v) is 1.66. The van der Waals surface area contributed by atoms with E-state index in [0.29, 0.717) is 6.54 Å². The van der Waals surface area contributed by atoms with E-state index in [1.165, 1.54) is 0 Å². The molecule has 1 unspecified atom stereocenters. The van der Waals surface area contributed by atoms with Gasteiger partial charge in [0.2, 0.25) is 5.95 Å². The van der Waals surface area contributed by atoms with E-state index in [0.717, 1.165) is 12.5 Å². The van der Waals surface area contributed by atoms with Crippen LogP contribution in [0.4, 0.5) is 24.9 Å². The maximum absolute atomic E-state index is 12.6. The molecule has 0 spiro atoms. The Balaban J connectivity index is 3.20. The van der Waals surface area contributed by atoms with E-state index >= 15 is 0 Å². The summed E-state index contributed by atoms with van der Waals surface area (Å²) in [5.41, 5.74) is 4.33. The second-order valence-corrected chi connectivity index (χ2v) is 4.01. The van der Waals surface area contributed by atoms with Gasteiger partial charge in [-0.3, -0.25) is 0 Å². The highest BCUT2D eigenvalue weighted by Gasteiger charge is 2.34. The van der Waals surface area contributed by atoms with Crippen molar-refractivity contribution in [3.05, 3.63) is 11.8 Å². The van der Waals surface area contributed by atoms with Crippen LogP contribution in [0.2, 0.25) is 0 Å². The maximum Gasteiger partial charge on any atom is 0.433 e. The molecule has 1 heterocycles. The van der Waals surface area contributed by atoms with Gasteiger partial charge >= 0.3 is 6.18 Å². The fraction of sp³-hybridized carbons (Fsp3) is 0.636. The highest BCUT2D eigenvalue weighted by Crippen LogP contribution is 2.30. The number of aromatic nitrogens is 2. The molecule has 0 aliphatic heterocycles.